The number of hydrogen-bond donors (Lipinski definition) is 0. The van der Waals surface area contributed by atoms with Crippen molar-refractivity contribution in [2.75, 3.05) is 4.90 Å². The first kappa shape index (κ1) is 15.5. The number of carbonyl (C=O) groups is 1. The zero-order valence-electron chi connectivity index (χ0n) is 13.7. The Labute approximate surface area is 138 Å². The lowest BCUT2D eigenvalue weighted by Gasteiger charge is -2.19. The number of rotatable bonds is 4. The van der Waals surface area contributed by atoms with Crippen LogP contribution in [0.25, 0.3) is 4.96 Å². The Kier molecular flexibility index (Phi) is 3.81. The van der Waals surface area contributed by atoms with E-state index >= 15 is 0 Å². The van der Waals surface area contributed by atoms with Crippen molar-refractivity contribution < 1.29 is 4.79 Å². The van der Waals surface area contributed by atoms with Crippen LogP contribution in [0.4, 0.5) is 5.82 Å². The van der Waals surface area contributed by atoms with Crippen molar-refractivity contribution in [2.45, 2.75) is 27.3 Å². The molecule has 120 valence electrons. The summed E-state index contributed by atoms with van der Waals surface area (Å²) in [5, 5.41) is 4.42. The van der Waals surface area contributed by atoms with Gasteiger partial charge in [0.2, 0.25) is 0 Å². The van der Waals surface area contributed by atoms with Crippen molar-refractivity contribution in [3.05, 3.63) is 46.9 Å². The molecule has 0 fully saturated rings. The molecule has 3 heterocycles. The average Bonchev–Trinajstić information content (AvgIpc) is 3.09. The Morgan fingerprint density at radius 2 is 2.13 bits per heavy atom. The van der Waals surface area contributed by atoms with Crippen LogP contribution in [0.15, 0.2) is 25.0 Å². The number of nitrogens with zero attached hydrogens (tertiary/aromatic N) is 5. The van der Waals surface area contributed by atoms with Crippen LogP contribution in [0.1, 0.15) is 21.8 Å². The van der Waals surface area contributed by atoms with Crippen LogP contribution in [0, 0.1) is 20.8 Å². The molecule has 0 aromatic carbocycles. The highest BCUT2D eigenvalue weighted by Crippen LogP contribution is 2.25. The third kappa shape index (κ3) is 2.68. The zero-order chi connectivity index (χ0) is 16.7. The lowest BCUT2D eigenvalue weighted by Crippen LogP contribution is -2.30. The zero-order valence-corrected chi connectivity index (χ0v) is 14.5. The summed E-state index contributed by atoms with van der Waals surface area (Å²) >= 11 is 1.64. The van der Waals surface area contributed by atoms with Gasteiger partial charge in [-0.3, -0.25) is 18.8 Å². The molecule has 6 nitrogen and oxygen atoms in total. The number of anilines is 1. The maximum atomic E-state index is 12.4. The largest absolute Gasteiger partial charge is 0.292 e. The summed E-state index contributed by atoms with van der Waals surface area (Å²) in [6.45, 7) is 9.98. The number of aromatic nitrogens is 4. The van der Waals surface area contributed by atoms with Crippen LogP contribution in [-0.4, -0.2) is 25.1 Å². The lowest BCUT2D eigenvalue weighted by atomic mass is 10.2. The van der Waals surface area contributed by atoms with E-state index in [1.807, 2.05) is 34.0 Å². The number of carbonyl (C=O) groups excluding carboxylic acids is 1. The Bertz CT molecular complexity index is 901. The molecule has 3 rings (SSSR count). The molecule has 3 aromatic heterocycles. The topological polar surface area (TPSA) is 55.4 Å². The molecule has 0 aliphatic carbocycles. The molecule has 23 heavy (non-hydrogen) atoms. The van der Waals surface area contributed by atoms with E-state index in [4.69, 9.17) is 0 Å². The van der Waals surface area contributed by atoms with E-state index in [9.17, 15) is 4.79 Å². The molecule has 0 N–H and O–H groups in total. The van der Waals surface area contributed by atoms with E-state index < -0.39 is 0 Å². The lowest BCUT2D eigenvalue weighted by molar-refractivity contribution is -0.114. The fourth-order valence-corrected chi connectivity index (χ4v) is 3.57. The van der Waals surface area contributed by atoms with Crippen molar-refractivity contribution in [3.8, 4) is 0 Å². The quantitative estimate of drug-likeness (QED) is 0.692. The Morgan fingerprint density at radius 1 is 1.39 bits per heavy atom. The van der Waals surface area contributed by atoms with Crippen LogP contribution in [0.5, 0.6) is 0 Å². The molecule has 0 unspecified atom stereocenters. The Morgan fingerprint density at radius 3 is 2.74 bits per heavy atom. The normalized spacial score (nSPS) is 11.1. The number of imidazole rings is 1. The molecule has 1 amide bonds. The summed E-state index contributed by atoms with van der Waals surface area (Å²) in [4.78, 5) is 20.7. The standard InChI is InChI=1S/C16H19N5OS/c1-6-14(22)21(15-10(2)7-19(5)18-15)9-13-12(4)17-16-20(13)8-11(3)23-16/h6-8H,1,9H2,2-5H3. The van der Waals surface area contributed by atoms with Crippen LogP contribution in [0.2, 0.25) is 0 Å². The Hall–Kier alpha value is -2.41. The van der Waals surface area contributed by atoms with Gasteiger partial charge in [0.1, 0.15) is 0 Å². The third-order valence-corrected chi connectivity index (χ3v) is 4.63. The van der Waals surface area contributed by atoms with E-state index in [1.165, 1.54) is 11.0 Å². The van der Waals surface area contributed by atoms with Crippen molar-refractivity contribution in [1.82, 2.24) is 19.2 Å². The summed E-state index contributed by atoms with van der Waals surface area (Å²) in [5.74, 6) is 0.479. The van der Waals surface area contributed by atoms with Crippen LogP contribution in [-0.2, 0) is 18.4 Å². The predicted molar refractivity (Wildman–Crippen MR) is 91.9 cm³/mol. The minimum Gasteiger partial charge on any atom is -0.292 e. The number of aryl methyl sites for hydroxylation is 4. The molecule has 3 aromatic rings. The monoisotopic (exact) mass is 329 g/mol. The first-order valence-electron chi connectivity index (χ1n) is 7.29. The van der Waals surface area contributed by atoms with Crippen molar-refractivity contribution in [3.63, 3.8) is 0 Å². The number of amides is 1. The molecule has 0 radical (unpaired) electrons. The minimum absolute atomic E-state index is 0.173. The summed E-state index contributed by atoms with van der Waals surface area (Å²) < 4.78 is 3.76. The predicted octanol–water partition coefficient (Wildman–Crippen LogP) is 2.77. The number of fused-ring (bicyclic) bond motifs is 1. The van der Waals surface area contributed by atoms with Gasteiger partial charge >= 0.3 is 0 Å². The minimum atomic E-state index is -0.173. The SMILES string of the molecule is C=CC(=O)N(Cc1c(C)nc2sc(C)cn12)c1nn(C)cc1C. The van der Waals surface area contributed by atoms with E-state index in [2.05, 4.69) is 27.3 Å². The van der Waals surface area contributed by atoms with Gasteiger partial charge in [0.25, 0.3) is 5.91 Å². The van der Waals surface area contributed by atoms with Gasteiger partial charge in [-0.2, -0.15) is 5.10 Å². The molecule has 0 atom stereocenters. The highest BCUT2D eigenvalue weighted by Gasteiger charge is 2.22. The van der Waals surface area contributed by atoms with Gasteiger partial charge < -0.3 is 0 Å². The van der Waals surface area contributed by atoms with Gasteiger partial charge in [-0.05, 0) is 26.8 Å². The molecule has 0 aliphatic rings. The first-order valence-corrected chi connectivity index (χ1v) is 8.10. The summed E-state index contributed by atoms with van der Waals surface area (Å²) in [7, 11) is 1.84. The second-order valence-corrected chi connectivity index (χ2v) is 6.79. The van der Waals surface area contributed by atoms with Gasteiger partial charge in [-0.1, -0.05) is 6.58 Å². The van der Waals surface area contributed by atoms with E-state index in [-0.39, 0.29) is 5.91 Å². The van der Waals surface area contributed by atoms with Crippen LogP contribution in [0.3, 0.4) is 0 Å². The van der Waals surface area contributed by atoms with Gasteiger partial charge in [0.05, 0.1) is 17.9 Å². The van der Waals surface area contributed by atoms with Crippen molar-refractivity contribution >= 4 is 28.0 Å². The van der Waals surface area contributed by atoms with Gasteiger partial charge in [0, 0.05) is 29.9 Å². The van der Waals surface area contributed by atoms with Gasteiger partial charge in [-0.25, -0.2) is 4.98 Å². The highest BCUT2D eigenvalue weighted by atomic mass is 32.1. The average molecular weight is 329 g/mol. The van der Waals surface area contributed by atoms with Gasteiger partial charge in [-0.15, -0.1) is 11.3 Å². The molecule has 0 saturated carbocycles. The number of hydrogen-bond acceptors (Lipinski definition) is 4. The molecule has 0 aliphatic heterocycles. The highest BCUT2D eigenvalue weighted by molar-refractivity contribution is 7.17. The second kappa shape index (κ2) is 5.66. The molecule has 0 saturated heterocycles. The summed E-state index contributed by atoms with van der Waals surface area (Å²) in [6.07, 6.45) is 5.27. The van der Waals surface area contributed by atoms with E-state index in [0.717, 1.165) is 21.9 Å². The first-order chi connectivity index (χ1) is 10.9. The molecular formula is C16H19N5OS. The molecule has 7 heteroatoms. The van der Waals surface area contributed by atoms with Crippen molar-refractivity contribution in [2.24, 2.45) is 7.05 Å². The molecule has 0 spiro atoms. The maximum absolute atomic E-state index is 12.4. The van der Waals surface area contributed by atoms with Crippen LogP contribution >= 0.6 is 11.3 Å². The molecular weight excluding hydrogens is 310 g/mol. The smallest absolute Gasteiger partial charge is 0.251 e. The van der Waals surface area contributed by atoms with E-state index in [1.54, 1.807) is 20.9 Å². The Balaban J connectivity index is 2.07. The maximum Gasteiger partial charge on any atom is 0.251 e. The number of thiazole rings is 1. The summed E-state index contributed by atoms with van der Waals surface area (Å²) in [5.41, 5.74) is 2.86. The van der Waals surface area contributed by atoms with Gasteiger partial charge in [0.15, 0.2) is 10.8 Å². The van der Waals surface area contributed by atoms with E-state index in [0.29, 0.717) is 12.4 Å². The fourth-order valence-electron chi connectivity index (χ4n) is 2.68. The summed E-state index contributed by atoms with van der Waals surface area (Å²) in [6, 6.07) is 0. The van der Waals surface area contributed by atoms with Crippen LogP contribution < -0.4 is 4.90 Å². The third-order valence-electron chi connectivity index (χ3n) is 3.73. The second-order valence-electron chi connectivity index (χ2n) is 5.58. The fraction of sp³-hybridized carbons (Fsp3) is 0.312. The van der Waals surface area contributed by atoms with Crippen molar-refractivity contribution in [1.29, 1.82) is 0 Å². The molecule has 0 bridgehead atoms.